The molecule has 0 atom stereocenters. The normalized spacial score (nSPS) is 10.0. The second kappa shape index (κ2) is 4.65. The summed E-state index contributed by atoms with van der Waals surface area (Å²) >= 11 is 0. The first-order valence-corrected chi connectivity index (χ1v) is 4.96. The van der Waals surface area contributed by atoms with Crippen LogP contribution in [0.4, 0.5) is 5.69 Å². The van der Waals surface area contributed by atoms with E-state index >= 15 is 0 Å². The van der Waals surface area contributed by atoms with Gasteiger partial charge >= 0.3 is 0 Å². The molecule has 0 radical (unpaired) electrons. The van der Waals surface area contributed by atoms with Crippen LogP contribution >= 0.6 is 0 Å². The lowest BCUT2D eigenvalue weighted by Crippen LogP contribution is -2.14. The minimum absolute atomic E-state index is 0.163. The average molecular weight is 233 g/mol. The SMILES string of the molecule is COc1ccccc1NC(=O)c1nonc1C. The first-order chi connectivity index (χ1) is 8.22. The number of amides is 1. The standard InChI is InChI=1S/C11H11N3O3/c1-7-10(14-17-13-7)11(15)12-8-5-3-4-6-9(8)16-2/h3-6H,1-2H3,(H,12,15). The number of carbonyl (C=O) groups is 1. The fraction of sp³-hybridized carbons (Fsp3) is 0.182. The zero-order valence-electron chi connectivity index (χ0n) is 9.43. The van der Waals surface area contributed by atoms with Crippen LogP contribution in [0.2, 0.25) is 0 Å². The van der Waals surface area contributed by atoms with Crippen LogP contribution in [0.25, 0.3) is 0 Å². The van der Waals surface area contributed by atoms with E-state index in [1.54, 1.807) is 25.1 Å². The Labute approximate surface area is 97.5 Å². The molecule has 0 bridgehead atoms. The van der Waals surface area contributed by atoms with E-state index in [2.05, 4.69) is 20.3 Å². The number of nitrogens with one attached hydrogen (secondary N) is 1. The Bertz CT molecular complexity index is 536. The Balaban J connectivity index is 2.22. The largest absolute Gasteiger partial charge is 0.495 e. The summed E-state index contributed by atoms with van der Waals surface area (Å²) in [6, 6.07) is 7.10. The van der Waals surface area contributed by atoms with Gasteiger partial charge in [-0.3, -0.25) is 4.79 Å². The molecule has 0 aliphatic carbocycles. The summed E-state index contributed by atoms with van der Waals surface area (Å²) in [6.07, 6.45) is 0. The first-order valence-electron chi connectivity index (χ1n) is 4.96. The molecule has 0 saturated heterocycles. The highest BCUT2D eigenvalue weighted by Gasteiger charge is 2.16. The fourth-order valence-electron chi connectivity index (χ4n) is 1.37. The summed E-state index contributed by atoms with van der Waals surface area (Å²) < 4.78 is 9.59. The molecule has 2 aromatic rings. The Hall–Kier alpha value is -2.37. The molecule has 1 amide bonds. The van der Waals surface area contributed by atoms with Crippen molar-refractivity contribution < 1.29 is 14.2 Å². The highest BCUT2D eigenvalue weighted by Crippen LogP contribution is 2.23. The molecule has 0 spiro atoms. The van der Waals surface area contributed by atoms with Gasteiger partial charge in [-0.15, -0.1) is 0 Å². The van der Waals surface area contributed by atoms with Gasteiger partial charge in [0.2, 0.25) is 0 Å². The summed E-state index contributed by atoms with van der Waals surface area (Å²) in [5.41, 5.74) is 1.18. The highest BCUT2D eigenvalue weighted by atomic mass is 16.6. The summed E-state index contributed by atoms with van der Waals surface area (Å²) in [5, 5.41) is 9.75. The maximum atomic E-state index is 11.8. The molecule has 6 nitrogen and oxygen atoms in total. The van der Waals surface area contributed by atoms with Gasteiger partial charge in [-0.1, -0.05) is 17.3 Å². The molecule has 1 heterocycles. The number of rotatable bonds is 3. The molecule has 6 heteroatoms. The van der Waals surface area contributed by atoms with Gasteiger partial charge in [0.15, 0.2) is 5.69 Å². The summed E-state index contributed by atoms with van der Waals surface area (Å²) in [5.74, 6) is 0.197. The minimum atomic E-state index is -0.381. The number of para-hydroxylation sites is 2. The minimum Gasteiger partial charge on any atom is -0.495 e. The fourth-order valence-corrected chi connectivity index (χ4v) is 1.37. The lowest BCUT2D eigenvalue weighted by molar-refractivity contribution is 0.101. The zero-order chi connectivity index (χ0) is 12.3. The van der Waals surface area contributed by atoms with E-state index < -0.39 is 0 Å². The van der Waals surface area contributed by atoms with Gasteiger partial charge in [-0.25, -0.2) is 4.63 Å². The van der Waals surface area contributed by atoms with Crippen LogP contribution in [0.15, 0.2) is 28.9 Å². The predicted octanol–water partition coefficient (Wildman–Crippen LogP) is 1.64. The van der Waals surface area contributed by atoms with Crippen LogP contribution in [0, 0.1) is 6.92 Å². The number of hydrogen-bond donors (Lipinski definition) is 1. The van der Waals surface area contributed by atoms with Gasteiger partial charge in [0.1, 0.15) is 11.4 Å². The highest BCUT2D eigenvalue weighted by molar-refractivity contribution is 6.04. The third-order valence-electron chi connectivity index (χ3n) is 2.22. The molecule has 88 valence electrons. The van der Waals surface area contributed by atoms with E-state index in [4.69, 9.17) is 4.74 Å². The maximum Gasteiger partial charge on any atom is 0.279 e. The molecule has 0 aliphatic heterocycles. The Kier molecular flexibility index (Phi) is 3.04. The molecule has 0 unspecified atom stereocenters. The second-order valence-electron chi connectivity index (χ2n) is 3.35. The Morgan fingerprint density at radius 2 is 2.12 bits per heavy atom. The molecular formula is C11H11N3O3. The van der Waals surface area contributed by atoms with E-state index in [1.165, 1.54) is 7.11 Å². The van der Waals surface area contributed by atoms with Crippen LogP contribution in [0.1, 0.15) is 16.2 Å². The van der Waals surface area contributed by atoms with Crippen molar-refractivity contribution in [1.82, 2.24) is 10.3 Å². The quantitative estimate of drug-likeness (QED) is 0.871. The number of aryl methyl sites for hydroxylation is 1. The monoisotopic (exact) mass is 233 g/mol. The van der Waals surface area contributed by atoms with Crippen LogP contribution in [-0.2, 0) is 0 Å². The molecule has 0 saturated carbocycles. The van der Waals surface area contributed by atoms with Gasteiger partial charge < -0.3 is 10.1 Å². The number of hydrogen-bond acceptors (Lipinski definition) is 5. The molecule has 0 aliphatic rings. The smallest absolute Gasteiger partial charge is 0.279 e. The molecule has 2 rings (SSSR count). The average Bonchev–Trinajstić information content (AvgIpc) is 2.76. The topological polar surface area (TPSA) is 77.2 Å². The van der Waals surface area contributed by atoms with Crippen LogP contribution < -0.4 is 10.1 Å². The van der Waals surface area contributed by atoms with Crippen molar-refractivity contribution in [2.45, 2.75) is 6.92 Å². The number of ether oxygens (including phenoxy) is 1. The van der Waals surface area contributed by atoms with Gasteiger partial charge in [0.05, 0.1) is 12.8 Å². The number of benzene rings is 1. The van der Waals surface area contributed by atoms with Crippen molar-refractivity contribution >= 4 is 11.6 Å². The van der Waals surface area contributed by atoms with Crippen molar-refractivity contribution in [3.8, 4) is 5.75 Å². The number of anilines is 1. The third kappa shape index (κ3) is 2.25. The van der Waals surface area contributed by atoms with Crippen LogP contribution in [0.3, 0.4) is 0 Å². The first kappa shape index (κ1) is 11.1. The maximum absolute atomic E-state index is 11.8. The van der Waals surface area contributed by atoms with Crippen LogP contribution in [0.5, 0.6) is 5.75 Å². The number of nitrogens with zero attached hydrogens (tertiary/aromatic N) is 2. The lowest BCUT2D eigenvalue weighted by atomic mass is 10.2. The predicted molar refractivity (Wildman–Crippen MR) is 60.0 cm³/mol. The van der Waals surface area contributed by atoms with E-state index in [9.17, 15) is 4.79 Å². The Morgan fingerprint density at radius 3 is 2.76 bits per heavy atom. The molecule has 1 N–H and O–H groups in total. The molecule has 1 aromatic heterocycles. The zero-order valence-corrected chi connectivity index (χ0v) is 9.43. The number of aromatic nitrogens is 2. The van der Waals surface area contributed by atoms with E-state index in [-0.39, 0.29) is 11.6 Å². The van der Waals surface area contributed by atoms with E-state index in [0.29, 0.717) is 17.1 Å². The van der Waals surface area contributed by atoms with Crippen molar-refractivity contribution in [1.29, 1.82) is 0 Å². The molecule has 17 heavy (non-hydrogen) atoms. The van der Waals surface area contributed by atoms with Crippen molar-refractivity contribution in [2.75, 3.05) is 12.4 Å². The second-order valence-corrected chi connectivity index (χ2v) is 3.35. The molecule has 1 aromatic carbocycles. The summed E-state index contributed by atoms with van der Waals surface area (Å²) in [7, 11) is 1.54. The van der Waals surface area contributed by atoms with Crippen LogP contribution in [-0.4, -0.2) is 23.3 Å². The third-order valence-corrected chi connectivity index (χ3v) is 2.22. The van der Waals surface area contributed by atoms with Crippen molar-refractivity contribution in [3.63, 3.8) is 0 Å². The van der Waals surface area contributed by atoms with Gasteiger partial charge in [0, 0.05) is 0 Å². The van der Waals surface area contributed by atoms with Gasteiger partial charge in [-0.05, 0) is 24.2 Å². The van der Waals surface area contributed by atoms with Gasteiger partial charge in [0.25, 0.3) is 5.91 Å². The van der Waals surface area contributed by atoms with Crippen molar-refractivity contribution in [3.05, 3.63) is 35.7 Å². The Morgan fingerprint density at radius 1 is 1.35 bits per heavy atom. The summed E-state index contributed by atoms with van der Waals surface area (Å²) in [4.78, 5) is 11.8. The van der Waals surface area contributed by atoms with E-state index in [1.807, 2.05) is 6.07 Å². The lowest BCUT2D eigenvalue weighted by Gasteiger charge is -2.08. The van der Waals surface area contributed by atoms with Crippen molar-refractivity contribution in [2.24, 2.45) is 0 Å². The molecular weight excluding hydrogens is 222 g/mol. The number of carbonyl (C=O) groups excluding carboxylic acids is 1. The molecule has 0 fully saturated rings. The summed E-state index contributed by atoms with van der Waals surface area (Å²) in [6.45, 7) is 1.65. The number of methoxy groups -OCH3 is 1. The van der Waals surface area contributed by atoms with E-state index in [0.717, 1.165) is 0 Å². The van der Waals surface area contributed by atoms with Gasteiger partial charge in [-0.2, -0.15) is 0 Å².